The van der Waals surface area contributed by atoms with Crippen LogP contribution in [0.25, 0.3) is 5.69 Å². The standard InChI is InChI=1S/C22H21FN6O2/c1-14-7-8-25-21(19(14)12-24)31-17-5-3-15(2)28(13-17)22(30)18-6-4-16(23)11-20(18)29-26-9-10-27-29/h4,6-11,15,17H,3,5,13H2,1-2H3/t15-,17-/m1/s1. The lowest BCUT2D eigenvalue weighted by Crippen LogP contribution is -2.49. The van der Waals surface area contributed by atoms with Crippen LogP contribution in [-0.2, 0) is 0 Å². The number of carbonyl (C=O) groups is 1. The Bertz CT molecular complexity index is 1140. The molecular formula is C22H21FN6O2. The van der Waals surface area contributed by atoms with Gasteiger partial charge in [0.05, 0.1) is 24.5 Å². The molecule has 9 heteroatoms. The fourth-order valence-electron chi connectivity index (χ4n) is 3.72. The maximum Gasteiger partial charge on any atom is 0.256 e. The number of rotatable bonds is 4. The van der Waals surface area contributed by atoms with Gasteiger partial charge in [-0.2, -0.15) is 20.3 Å². The molecule has 158 valence electrons. The SMILES string of the molecule is Cc1ccnc(O[C@@H]2CC[C@@H](C)N(C(=O)c3ccc(F)cc3-n3nccn3)C2)c1C#N. The van der Waals surface area contributed by atoms with Gasteiger partial charge in [0.2, 0.25) is 5.88 Å². The molecule has 1 aromatic carbocycles. The number of halogens is 1. The molecule has 1 fully saturated rings. The van der Waals surface area contributed by atoms with Crippen molar-refractivity contribution in [2.45, 2.75) is 38.8 Å². The van der Waals surface area contributed by atoms with Gasteiger partial charge in [-0.3, -0.25) is 4.79 Å². The highest BCUT2D eigenvalue weighted by molar-refractivity contribution is 5.98. The summed E-state index contributed by atoms with van der Waals surface area (Å²) in [7, 11) is 0. The van der Waals surface area contributed by atoms with Gasteiger partial charge in [0, 0.05) is 18.3 Å². The van der Waals surface area contributed by atoms with E-state index >= 15 is 0 Å². The van der Waals surface area contributed by atoms with Crippen LogP contribution >= 0.6 is 0 Å². The summed E-state index contributed by atoms with van der Waals surface area (Å²) in [6.45, 7) is 4.12. The highest BCUT2D eigenvalue weighted by Gasteiger charge is 2.32. The average Bonchev–Trinajstić information content (AvgIpc) is 3.30. The summed E-state index contributed by atoms with van der Waals surface area (Å²) >= 11 is 0. The van der Waals surface area contributed by atoms with Gasteiger partial charge >= 0.3 is 0 Å². The number of carbonyl (C=O) groups excluding carboxylic acids is 1. The van der Waals surface area contributed by atoms with Crippen molar-refractivity contribution in [2.75, 3.05) is 6.54 Å². The van der Waals surface area contributed by atoms with Crippen LogP contribution in [0, 0.1) is 24.1 Å². The van der Waals surface area contributed by atoms with Gasteiger partial charge in [-0.1, -0.05) is 0 Å². The summed E-state index contributed by atoms with van der Waals surface area (Å²) in [4.78, 5) is 20.6. The highest BCUT2D eigenvalue weighted by Crippen LogP contribution is 2.27. The van der Waals surface area contributed by atoms with Crippen LogP contribution in [0.15, 0.2) is 42.9 Å². The predicted octanol–water partition coefficient (Wildman–Crippen LogP) is 3.05. The Morgan fingerprint density at radius 1 is 1.23 bits per heavy atom. The first-order valence-corrected chi connectivity index (χ1v) is 9.97. The summed E-state index contributed by atoms with van der Waals surface area (Å²) < 4.78 is 19.9. The summed E-state index contributed by atoms with van der Waals surface area (Å²) in [5.74, 6) is -0.463. The first-order valence-electron chi connectivity index (χ1n) is 9.97. The van der Waals surface area contributed by atoms with Crippen molar-refractivity contribution in [3.8, 4) is 17.6 Å². The second kappa shape index (κ2) is 8.52. The molecule has 1 aliphatic heterocycles. The first kappa shape index (κ1) is 20.5. The van der Waals surface area contributed by atoms with E-state index in [9.17, 15) is 14.4 Å². The minimum atomic E-state index is -0.480. The van der Waals surface area contributed by atoms with E-state index in [4.69, 9.17) is 4.74 Å². The molecule has 3 aromatic rings. The molecular weight excluding hydrogens is 399 g/mol. The Kier molecular flexibility index (Phi) is 5.62. The van der Waals surface area contributed by atoms with Crippen molar-refractivity contribution in [3.05, 3.63) is 65.4 Å². The maximum absolute atomic E-state index is 13.9. The van der Waals surface area contributed by atoms with E-state index in [1.54, 1.807) is 17.2 Å². The van der Waals surface area contributed by atoms with Crippen LogP contribution in [-0.4, -0.2) is 49.5 Å². The number of nitrogens with zero attached hydrogens (tertiary/aromatic N) is 6. The number of ether oxygens (including phenoxy) is 1. The molecule has 0 aliphatic carbocycles. The van der Waals surface area contributed by atoms with Gasteiger partial charge in [-0.25, -0.2) is 9.37 Å². The lowest BCUT2D eigenvalue weighted by atomic mass is 9.99. The topological polar surface area (TPSA) is 96.9 Å². The van der Waals surface area contributed by atoms with Crippen molar-refractivity contribution >= 4 is 5.91 Å². The van der Waals surface area contributed by atoms with Crippen LogP contribution in [0.3, 0.4) is 0 Å². The average molecular weight is 420 g/mol. The number of aromatic nitrogens is 4. The van der Waals surface area contributed by atoms with E-state index < -0.39 is 5.82 Å². The Morgan fingerprint density at radius 3 is 2.74 bits per heavy atom. The number of nitriles is 1. The third kappa shape index (κ3) is 4.10. The van der Waals surface area contributed by atoms with Gasteiger partial charge in [0.15, 0.2) is 0 Å². The third-order valence-corrected chi connectivity index (χ3v) is 5.44. The molecule has 2 atom stereocenters. The molecule has 1 amide bonds. The van der Waals surface area contributed by atoms with Gasteiger partial charge in [0.1, 0.15) is 29.2 Å². The Balaban J connectivity index is 1.60. The Labute approximate surface area is 178 Å². The van der Waals surface area contributed by atoms with E-state index in [0.29, 0.717) is 17.7 Å². The molecule has 3 heterocycles. The molecule has 4 rings (SSSR count). The molecule has 0 bridgehead atoms. The third-order valence-electron chi connectivity index (χ3n) is 5.44. The number of aryl methyl sites for hydroxylation is 1. The zero-order valence-electron chi connectivity index (χ0n) is 17.2. The molecule has 0 radical (unpaired) electrons. The van der Waals surface area contributed by atoms with Gasteiger partial charge in [0.25, 0.3) is 5.91 Å². The lowest BCUT2D eigenvalue weighted by Gasteiger charge is -2.38. The van der Waals surface area contributed by atoms with Crippen LogP contribution in [0.1, 0.15) is 41.3 Å². The number of piperidine rings is 1. The predicted molar refractivity (Wildman–Crippen MR) is 109 cm³/mol. The number of benzene rings is 1. The normalized spacial score (nSPS) is 18.5. The maximum atomic E-state index is 13.9. The number of hydrogen-bond donors (Lipinski definition) is 0. The fourth-order valence-corrected chi connectivity index (χ4v) is 3.72. The number of pyridine rings is 1. The van der Waals surface area contributed by atoms with E-state index in [1.807, 2.05) is 13.8 Å². The minimum Gasteiger partial charge on any atom is -0.472 e. The molecule has 0 N–H and O–H groups in total. The largest absolute Gasteiger partial charge is 0.472 e. The molecule has 0 spiro atoms. The molecule has 2 aromatic heterocycles. The molecule has 8 nitrogen and oxygen atoms in total. The summed E-state index contributed by atoms with van der Waals surface area (Å²) in [5, 5.41) is 17.5. The number of likely N-dealkylation sites (tertiary alicyclic amines) is 1. The van der Waals surface area contributed by atoms with E-state index in [-0.39, 0.29) is 29.6 Å². The fraction of sp³-hybridized carbons (Fsp3) is 0.318. The zero-order valence-corrected chi connectivity index (χ0v) is 17.2. The number of amides is 1. The molecule has 0 saturated carbocycles. The van der Waals surface area contributed by atoms with Gasteiger partial charge in [-0.15, -0.1) is 0 Å². The summed E-state index contributed by atoms with van der Waals surface area (Å²) in [5.41, 5.74) is 1.76. The lowest BCUT2D eigenvalue weighted by molar-refractivity contribution is 0.0371. The van der Waals surface area contributed by atoms with Crippen molar-refractivity contribution in [1.29, 1.82) is 5.26 Å². The van der Waals surface area contributed by atoms with Crippen molar-refractivity contribution in [3.63, 3.8) is 0 Å². The molecule has 1 aliphatic rings. The van der Waals surface area contributed by atoms with Crippen LogP contribution in [0.4, 0.5) is 4.39 Å². The van der Waals surface area contributed by atoms with Crippen molar-refractivity contribution in [1.82, 2.24) is 24.9 Å². The van der Waals surface area contributed by atoms with Gasteiger partial charge < -0.3 is 9.64 Å². The Hall–Kier alpha value is -3.80. The highest BCUT2D eigenvalue weighted by atomic mass is 19.1. The molecule has 0 unspecified atom stereocenters. The van der Waals surface area contributed by atoms with Crippen LogP contribution in [0.2, 0.25) is 0 Å². The summed E-state index contributed by atoms with van der Waals surface area (Å²) in [6.07, 6.45) is 5.67. The second-order valence-corrected chi connectivity index (χ2v) is 7.52. The second-order valence-electron chi connectivity index (χ2n) is 7.52. The van der Waals surface area contributed by atoms with E-state index in [0.717, 1.165) is 18.4 Å². The molecule has 31 heavy (non-hydrogen) atoms. The van der Waals surface area contributed by atoms with Crippen LogP contribution in [0.5, 0.6) is 5.88 Å². The van der Waals surface area contributed by atoms with E-state index in [1.165, 1.54) is 35.4 Å². The quantitative estimate of drug-likeness (QED) is 0.644. The van der Waals surface area contributed by atoms with Gasteiger partial charge in [-0.05, 0) is 50.5 Å². The summed E-state index contributed by atoms with van der Waals surface area (Å²) in [6, 6.07) is 7.79. The van der Waals surface area contributed by atoms with Crippen molar-refractivity contribution in [2.24, 2.45) is 0 Å². The number of hydrogen-bond acceptors (Lipinski definition) is 6. The Morgan fingerprint density at radius 2 is 2.00 bits per heavy atom. The van der Waals surface area contributed by atoms with Crippen molar-refractivity contribution < 1.29 is 13.9 Å². The minimum absolute atomic E-state index is 0.0308. The monoisotopic (exact) mass is 420 g/mol. The molecule has 1 saturated heterocycles. The first-order chi connectivity index (χ1) is 15.0. The van der Waals surface area contributed by atoms with Crippen LogP contribution < -0.4 is 4.74 Å². The van der Waals surface area contributed by atoms with E-state index in [2.05, 4.69) is 21.3 Å². The smallest absolute Gasteiger partial charge is 0.256 e. The zero-order chi connectivity index (χ0) is 22.0.